The molecule has 1 aliphatic heterocycles. The quantitative estimate of drug-likeness (QED) is 0.632. The second-order valence-electron chi connectivity index (χ2n) is 6.88. The van der Waals surface area contributed by atoms with Crippen LogP contribution in [0.1, 0.15) is 42.8 Å². The molecule has 9 nitrogen and oxygen atoms in total. The zero-order valence-corrected chi connectivity index (χ0v) is 17.3. The molecule has 0 bridgehead atoms. The first-order valence-corrected chi connectivity index (χ1v) is 9.75. The summed E-state index contributed by atoms with van der Waals surface area (Å²) in [4.78, 5) is 19.9. The van der Waals surface area contributed by atoms with Crippen LogP contribution in [0.5, 0.6) is 5.75 Å². The molecule has 2 atom stereocenters. The number of fused-ring (bicyclic) bond motifs is 1. The number of carbonyl (C=O) groups is 1. The van der Waals surface area contributed by atoms with Crippen LogP contribution in [0.4, 0.5) is 15.0 Å². The Morgan fingerprint density at radius 3 is 2.93 bits per heavy atom. The molecule has 1 amide bonds. The summed E-state index contributed by atoms with van der Waals surface area (Å²) < 4.78 is 27.7. The number of cyclic esters (lactones) is 1. The van der Waals surface area contributed by atoms with Crippen LogP contribution in [0.3, 0.4) is 0 Å². The third-order valence-electron chi connectivity index (χ3n) is 5.04. The van der Waals surface area contributed by atoms with E-state index in [0.717, 1.165) is 0 Å². The van der Waals surface area contributed by atoms with Gasteiger partial charge in [0.05, 0.1) is 40.9 Å². The average Bonchev–Trinajstić information content (AvgIpc) is 3.28. The van der Waals surface area contributed by atoms with Crippen molar-refractivity contribution >= 4 is 34.5 Å². The summed E-state index contributed by atoms with van der Waals surface area (Å²) in [5, 5.41) is 7.62. The molecule has 1 aliphatic rings. The highest BCUT2D eigenvalue weighted by Crippen LogP contribution is 2.42. The molecule has 1 unspecified atom stereocenters. The van der Waals surface area contributed by atoms with Gasteiger partial charge in [-0.05, 0) is 26.8 Å². The number of ether oxygens (including phenoxy) is 2. The third-order valence-corrected chi connectivity index (χ3v) is 5.31. The summed E-state index contributed by atoms with van der Waals surface area (Å²) in [6.07, 6.45) is -0.131. The minimum absolute atomic E-state index is 0.0897. The molecule has 11 heteroatoms. The van der Waals surface area contributed by atoms with Crippen molar-refractivity contribution in [3.63, 3.8) is 0 Å². The number of hydrogen-bond acceptors (Lipinski definition) is 7. The average molecular weight is 435 g/mol. The number of aryl methyl sites for hydroxylation is 1. The Balaban J connectivity index is 1.91. The number of nitrogen functional groups attached to an aromatic ring is 1. The lowest BCUT2D eigenvalue weighted by atomic mass is 9.99. The highest BCUT2D eigenvalue weighted by atomic mass is 35.5. The van der Waals surface area contributed by atoms with E-state index in [1.807, 2.05) is 6.92 Å². The minimum atomic E-state index is -0.863. The van der Waals surface area contributed by atoms with Crippen molar-refractivity contribution in [1.82, 2.24) is 25.1 Å². The molecule has 0 spiro atoms. The smallest absolute Gasteiger partial charge is 0.407 e. The lowest BCUT2D eigenvalue weighted by Gasteiger charge is -2.23. The van der Waals surface area contributed by atoms with Gasteiger partial charge in [-0.2, -0.15) is 5.10 Å². The van der Waals surface area contributed by atoms with Crippen molar-refractivity contribution in [3.8, 4) is 5.75 Å². The Labute approximate surface area is 176 Å². The summed E-state index contributed by atoms with van der Waals surface area (Å²) in [6, 6.07) is 1.05. The van der Waals surface area contributed by atoms with Crippen LogP contribution in [0.2, 0.25) is 5.02 Å². The van der Waals surface area contributed by atoms with E-state index in [9.17, 15) is 4.79 Å². The highest BCUT2D eigenvalue weighted by molar-refractivity contribution is 6.31. The summed E-state index contributed by atoms with van der Waals surface area (Å²) in [5.41, 5.74) is 7.85. The number of nitrogens with one attached hydrogen (secondary N) is 1. The molecule has 0 radical (unpaired) electrons. The maximum atomic E-state index is 15.0. The molecule has 158 valence electrons. The van der Waals surface area contributed by atoms with Gasteiger partial charge >= 0.3 is 6.09 Å². The highest BCUT2D eigenvalue weighted by Gasteiger charge is 2.34. The number of halogens is 2. The zero-order valence-electron chi connectivity index (χ0n) is 16.6. The SMILES string of the molecule is CCOc1c(C(C)n2nc(C)c3c(N)ncnc32)cc(Cl)c(F)c1[C@H]1CNC(=O)O1. The van der Waals surface area contributed by atoms with Crippen molar-refractivity contribution in [3.05, 3.63) is 40.1 Å². The van der Waals surface area contributed by atoms with E-state index >= 15 is 4.39 Å². The molecule has 30 heavy (non-hydrogen) atoms. The topological polar surface area (TPSA) is 117 Å². The van der Waals surface area contributed by atoms with Gasteiger partial charge in [0, 0.05) is 5.56 Å². The summed E-state index contributed by atoms with van der Waals surface area (Å²) >= 11 is 6.22. The van der Waals surface area contributed by atoms with Crippen LogP contribution in [0, 0.1) is 12.7 Å². The number of rotatable bonds is 5. The predicted octanol–water partition coefficient (Wildman–Crippen LogP) is 3.30. The number of amides is 1. The van der Waals surface area contributed by atoms with Gasteiger partial charge in [0.1, 0.15) is 17.9 Å². The fourth-order valence-electron chi connectivity index (χ4n) is 3.67. The summed E-state index contributed by atoms with van der Waals surface area (Å²) in [6.45, 7) is 5.83. The number of anilines is 1. The maximum absolute atomic E-state index is 15.0. The molecule has 2 aromatic heterocycles. The Morgan fingerprint density at radius 2 is 2.27 bits per heavy atom. The van der Waals surface area contributed by atoms with Crippen LogP contribution >= 0.6 is 11.6 Å². The summed E-state index contributed by atoms with van der Waals surface area (Å²) in [7, 11) is 0. The Hall–Kier alpha value is -3.14. The largest absolute Gasteiger partial charge is 0.493 e. The molecule has 3 heterocycles. The second kappa shape index (κ2) is 7.60. The van der Waals surface area contributed by atoms with Crippen molar-refractivity contribution in [2.75, 3.05) is 18.9 Å². The van der Waals surface area contributed by atoms with E-state index in [1.165, 1.54) is 12.4 Å². The monoisotopic (exact) mass is 434 g/mol. The molecule has 3 aromatic rings. The van der Waals surface area contributed by atoms with E-state index in [4.69, 9.17) is 26.8 Å². The van der Waals surface area contributed by atoms with E-state index in [0.29, 0.717) is 28.1 Å². The van der Waals surface area contributed by atoms with E-state index in [1.54, 1.807) is 18.5 Å². The minimum Gasteiger partial charge on any atom is -0.493 e. The van der Waals surface area contributed by atoms with Gasteiger partial charge in [-0.3, -0.25) is 0 Å². The molecular weight excluding hydrogens is 415 g/mol. The van der Waals surface area contributed by atoms with E-state index in [-0.39, 0.29) is 29.5 Å². The fourth-order valence-corrected chi connectivity index (χ4v) is 3.89. The van der Waals surface area contributed by atoms with Crippen molar-refractivity contribution in [2.24, 2.45) is 0 Å². The van der Waals surface area contributed by atoms with Gasteiger partial charge < -0.3 is 20.5 Å². The molecule has 0 aliphatic carbocycles. The predicted molar refractivity (Wildman–Crippen MR) is 108 cm³/mol. The molecule has 0 saturated carbocycles. The van der Waals surface area contributed by atoms with Gasteiger partial charge in [-0.15, -0.1) is 0 Å². The summed E-state index contributed by atoms with van der Waals surface area (Å²) in [5.74, 6) is -0.106. The van der Waals surface area contributed by atoms with Crippen LogP contribution in [-0.2, 0) is 4.74 Å². The number of nitrogens with zero attached hydrogens (tertiary/aromatic N) is 4. The Morgan fingerprint density at radius 1 is 1.50 bits per heavy atom. The Bertz CT molecular complexity index is 1150. The lowest BCUT2D eigenvalue weighted by Crippen LogP contribution is -2.16. The molecular formula is C19H20ClFN6O3. The number of nitrogens with two attached hydrogens (primary N) is 1. The number of benzene rings is 1. The zero-order chi connectivity index (χ0) is 21.6. The maximum Gasteiger partial charge on any atom is 0.407 e. The van der Waals surface area contributed by atoms with Gasteiger partial charge in [0.25, 0.3) is 0 Å². The van der Waals surface area contributed by atoms with E-state index in [2.05, 4.69) is 20.4 Å². The first-order chi connectivity index (χ1) is 14.3. The molecule has 1 fully saturated rings. The van der Waals surface area contributed by atoms with Gasteiger partial charge in [0.2, 0.25) is 0 Å². The third kappa shape index (κ3) is 3.17. The molecule has 3 N–H and O–H groups in total. The molecule has 1 aromatic carbocycles. The van der Waals surface area contributed by atoms with Gasteiger partial charge in [-0.1, -0.05) is 11.6 Å². The number of aromatic nitrogens is 4. The lowest BCUT2D eigenvalue weighted by molar-refractivity contribution is 0.137. The van der Waals surface area contributed by atoms with Crippen molar-refractivity contribution in [2.45, 2.75) is 32.9 Å². The van der Waals surface area contributed by atoms with Crippen molar-refractivity contribution < 1.29 is 18.7 Å². The Kier molecular flexibility index (Phi) is 5.10. The van der Waals surface area contributed by atoms with Crippen molar-refractivity contribution in [1.29, 1.82) is 0 Å². The molecule has 1 saturated heterocycles. The van der Waals surface area contributed by atoms with Crippen LogP contribution < -0.4 is 15.8 Å². The first kappa shape index (κ1) is 20.1. The number of carbonyl (C=O) groups excluding carboxylic acids is 1. The van der Waals surface area contributed by atoms with Crippen LogP contribution in [0.15, 0.2) is 12.4 Å². The molecule has 4 rings (SSSR count). The van der Waals surface area contributed by atoms with E-state index < -0.39 is 24.1 Å². The normalized spacial score (nSPS) is 17.1. The first-order valence-electron chi connectivity index (χ1n) is 9.37. The van der Waals surface area contributed by atoms with Gasteiger partial charge in [0.15, 0.2) is 17.6 Å². The second-order valence-corrected chi connectivity index (χ2v) is 7.28. The van der Waals surface area contributed by atoms with Crippen LogP contribution in [-0.4, -0.2) is 39.0 Å². The van der Waals surface area contributed by atoms with Gasteiger partial charge in [-0.25, -0.2) is 23.8 Å². The number of alkyl carbamates (subject to hydrolysis) is 1. The van der Waals surface area contributed by atoms with Crippen LogP contribution in [0.25, 0.3) is 11.0 Å². The number of hydrogen-bond donors (Lipinski definition) is 2. The fraction of sp³-hybridized carbons (Fsp3) is 0.368. The standard InChI is InChI=1S/C19H20ClFN6O3/c1-4-29-16-10(5-11(20)15(21)14(16)12-6-23-19(28)30-12)9(3)27-18-13(8(2)26-27)17(22)24-7-25-18/h5,7,9,12H,4,6H2,1-3H3,(H,23,28)(H2,22,24,25)/t9?,12-/m1/s1.